The highest BCUT2D eigenvalue weighted by Crippen LogP contribution is 2.22. The van der Waals surface area contributed by atoms with Crippen molar-refractivity contribution in [3.8, 4) is 0 Å². The summed E-state index contributed by atoms with van der Waals surface area (Å²) in [6.45, 7) is 1.16. The zero-order valence-electron chi connectivity index (χ0n) is 20.6. The average Bonchev–Trinajstić information content (AvgIpc) is 2.86. The minimum atomic E-state index is -1.02. The van der Waals surface area contributed by atoms with Gasteiger partial charge in [-0.2, -0.15) is 0 Å². The number of likely N-dealkylation sites (N-methyl/N-ethyl adjacent to an activating group) is 1. The number of hydroxylamine groups is 1. The van der Waals surface area contributed by atoms with Gasteiger partial charge in [0.25, 0.3) is 0 Å². The van der Waals surface area contributed by atoms with Crippen molar-refractivity contribution < 1.29 is 28.3 Å². The molecule has 2 aliphatic rings. The first-order valence-corrected chi connectivity index (χ1v) is 12.8. The molecule has 9 heteroatoms. The lowest BCUT2D eigenvalue weighted by atomic mass is 9.94. The standard InChI is InChI=1S/C26H38FN3O5/c1-30-15-8-5-3-2-4-6-11-20(18-22(31)29-35-23-14-7-9-16-34-23)25(32)28-24(26(30)33)19-12-10-13-21(27)17-19/h10,12-13,17,20,23-24H,2-9,11,14-16,18H2,1H3,(H,28,32)(H,29,31)/t20-,23?,24+/m1/s1. The highest BCUT2D eigenvalue weighted by molar-refractivity contribution is 5.91. The molecule has 2 saturated heterocycles. The van der Waals surface area contributed by atoms with Crippen LogP contribution in [0.15, 0.2) is 24.3 Å². The number of nitrogens with zero attached hydrogens (tertiary/aromatic N) is 1. The number of benzene rings is 1. The lowest BCUT2D eigenvalue weighted by Gasteiger charge is -2.27. The Morgan fingerprint density at radius 1 is 1.11 bits per heavy atom. The number of hydrogen-bond acceptors (Lipinski definition) is 5. The fourth-order valence-corrected chi connectivity index (χ4v) is 4.54. The van der Waals surface area contributed by atoms with Gasteiger partial charge in [0.2, 0.25) is 17.7 Å². The van der Waals surface area contributed by atoms with Gasteiger partial charge in [0.15, 0.2) is 6.29 Å². The Morgan fingerprint density at radius 2 is 1.86 bits per heavy atom. The normalized spacial score (nSPS) is 25.4. The van der Waals surface area contributed by atoms with Crippen LogP contribution in [0.2, 0.25) is 0 Å². The minimum Gasteiger partial charge on any atom is -0.350 e. The van der Waals surface area contributed by atoms with Gasteiger partial charge < -0.3 is 15.0 Å². The third-order valence-electron chi connectivity index (χ3n) is 6.63. The predicted octanol–water partition coefficient (Wildman–Crippen LogP) is 3.77. The average molecular weight is 492 g/mol. The van der Waals surface area contributed by atoms with Gasteiger partial charge in [-0.25, -0.2) is 14.7 Å². The largest absolute Gasteiger partial charge is 0.350 e. The van der Waals surface area contributed by atoms with E-state index in [9.17, 15) is 18.8 Å². The van der Waals surface area contributed by atoms with E-state index in [-0.39, 0.29) is 12.3 Å². The zero-order valence-corrected chi connectivity index (χ0v) is 20.6. The van der Waals surface area contributed by atoms with E-state index >= 15 is 0 Å². The molecule has 0 saturated carbocycles. The van der Waals surface area contributed by atoms with E-state index in [1.165, 1.54) is 18.2 Å². The molecule has 35 heavy (non-hydrogen) atoms. The molecule has 2 aliphatic heterocycles. The molecule has 2 N–H and O–H groups in total. The van der Waals surface area contributed by atoms with Crippen LogP contribution in [0, 0.1) is 11.7 Å². The van der Waals surface area contributed by atoms with Gasteiger partial charge in [0.1, 0.15) is 11.9 Å². The van der Waals surface area contributed by atoms with E-state index in [1.807, 2.05) is 0 Å². The molecule has 1 unspecified atom stereocenters. The quantitative estimate of drug-likeness (QED) is 0.612. The lowest BCUT2D eigenvalue weighted by Crippen LogP contribution is -2.44. The third-order valence-corrected chi connectivity index (χ3v) is 6.63. The Balaban J connectivity index is 1.72. The van der Waals surface area contributed by atoms with Gasteiger partial charge >= 0.3 is 0 Å². The molecule has 3 rings (SSSR count). The SMILES string of the molecule is CN1CCCCCCCC[C@H](CC(=O)NOC2CCCCO2)C(=O)N[C@@H](c2cccc(F)c2)C1=O. The summed E-state index contributed by atoms with van der Waals surface area (Å²) in [5, 5.41) is 2.81. The molecule has 3 atom stereocenters. The summed E-state index contributed by atoms with van der Waals surface area (Å²) in [5.41, 5.74) is 2.80. The maximum atomic E-state index is 14.0. The molecule has 0 aliphatic carbocycles. The number of nitrogens with one attached hydrogen (secondary N) is 2. The Labute approximate surface area is 206 Å². The molecule has 2 fully saturated rings. The molecule has 2 heterocycles. The van der Waals surface area contributed by atoms with Crippen LogP contribution in [-0.4, -0.2) is 49.1 Å². The minimum absolute atomic E-state index is 0.0710. The summed E-state index contributed by atoms with van der Waals surface area (Å²) in [4.78, 5) is 46.1. The van der Waals surface area contributed by atoms with Crippen LogP contribution in [0.1, 0.15) is 82.2 Å². The summed E-state index contributed by atoms with van der Waals surface area (Å²) in [6.07, 6.45) is 8.38. The van der Waals surface area contributed by atoms with E-state index in [2.05, 4.69) is 10.8 Å². The fourth-order valence-electron chi connectivity index (χ4n) is 4.54. The first kappa shape index (κ1) is 27.1. The first-order chi connectivity index (χ1) is 16.9. The van der Waals surface area contributed by atoms with Crippen LogP contribution in [0.3, 0.4) is 0 Å². The zero-order chi connectivity index (χ0) is 25.0. The van der Waals surface area contributed by atoms with Crippen LogP contribution in [0.5, 0.6) is 0 Å². The van der Waals surface area contributed by atoms with E-state index in [1.54, 1.807) is 18.0 Å². The number of carbonyl (C=O) groups excluding carboxylic acids is 3. The van der Waals surface area contributed by atoms with Gasteiger partial charge in [-0.15, -0.1) is 0 Å². The van der Waals surface area contributed by atoms with Crippen LogP contribution in [0.4, 0.5) is 4.39 Å². The van der Waals surface area contributed by atoms with Crippen molar-refractivity contribution in [3.05, 3.63) is 35.6 Å². The molecule has 0 bridgehead atoms. The van der Waals surface area contributed by atoms with Gasteiger partial charge in [-0.05, 0) is 43.4 Å². The van der Waals surface area contributed by atoms with Crippen LogP contribution >= 0.6 is 0 Å². The number of halogens is 1. The summed E-state index contributed by atoms with van der Waals surface area (Å²) in [6, 6.07) is 4.68. The van der Waals surface area contributed by atoms with Crippen molar-refractivity contribution in [3.63, 3.8) is 0 Å². The van der Waals surface area contributed by atoms with Crippen LogP contribution in [-0.2, 0) is 24.0 Å². The molecule has 1 aromatic rings. The lowest BCUT2D eigenvalue weighted by molar-refractivity contribution is -0.200. The molecule has 8 nitrogen and oxygen atoms in total. The van der Waals surface area contributed by atoms with Gasteiger partial charge in [0, 0.05) is 39.0 Å². The van der Waals surface area contributed by atoms with Gasteiger partial charge in [-0.1, -0.05) is 44.2 Å². The van der Waals surface area contributed by atoms with E-state index < -0.39 is 35.9 Å². The van der Waals surface area contributed by atoms with Crippen molar-refractivity contribution in [2.45, 2.75) is 83.0 Å². The summed E-state index contributed by atoms with van der Waals surface area (Å²) >= 11 is 0. The van der Waals surface area contributed by atoms with Crippen molar-refractivity contribution in [1.82, 2.24) is 15.7 Å². The Hall–Kier alpha value is -2.52. The van der Waals surface area contributed by atoms with Crippen molar-refractivity contribution >= 4 is 17.7 Å². The number of rotatable bonds is 5. The number of ether oxygens (including phenoxy) is 1. The second kappa shape index (κ2) is 14.1. The maximum Gasteiger partial charge on any atom is 0.249 e. The fraction of sp³-hybridized carbons (Fsp3) is 0.654. The third kappa shape index (κ3) is 8.89. The van der Waals surface area contributed by atoms with E-state index in [4.69, 9.17) is 9.57 Å². The van der Waals surface area contributed by atoms with Gasteiger partial charge in [-0.3, -0.25) is 14.4 Å². The molecule has 3 amide bonds. The highest BCUT2D eigenvalue weighted by atomic mass is 19.1. The number of amides is 3. The number of hydrogen-bond donors (Lipinski definition) is 2. The summed E-state index contributed by atoms with van der Waals surface area (Å²) in [7, 11) is 1.70. The van der Waals surface area contributed by atoms with Crippen molar-refractivity contribution in [1.29, 1.82) is 0 Å². The second-order valence-electron chi connectivity index (χ2n) is 9.51. The molecular weight excluding hydrogens is 453 g/mol. The highest BCUT2D eigenvalue weighted by Gasteiger charge is 2.30. The Morgan fingerprint density at radius 3 is 2.60 bits per heavy atom. The topological polar surface area (TPSA) is 97.0 Å². The van der Waals surface area contributed by atoms with Gasteiger partial charge in [0.05, 0.1) is 0 Å². The Bertz CT molecular complexity index is 846. The second-order valence-corrected chi connectivity index (χ2v) is 9.51. The number of carbonyl (C=O) groups is 3. The Kier molecular flexibility index (Phi) is 10.9. The molecule has 0 radical (unpaired) electrons. The first-order valence-electron chi connectivity index (χ1n) is 12.8. The van der Waals surface area contributed by atoms with E-state index in [0.717, 1.165) is 51.4 Å². The predicted molar refractivity (Wildman–Crippen MR) is 128 cm³/mol. The molecule has 194 valence electrons. The summed E-state index contributed by atoms with van der Waals surface area (Å²) < 4.78 is 19.4. The monoisotopic (exact) mass is 491 g/mol. The van der Waals surface area contributed by atoms with Crippen molar-refractivity contribution in [2.24, 2.45) is 5.92 Å². The smallest absolute Gasteiger partial charge is 0.249 e. The van der Waals surface area contributed by atoms with Crippen LogP contribution < -0.4 is 10.8 Å². The molecular formula is C26H38FN3O5. The maximum absolute atomic E-state index is 14.0. The van der Waals surface area contributed by atoms with Crippen molar-refractivity contribution in [2.75, 3.05) is 20.2 Å². The molecule has 0 aromatic heterocycles. The molecule has 0 spiro atoms. The molecule has 1 aromatic carbocycles. The summed E-state index contributed by atoms with van der Waals surface area (Å²) in [5.74, 6) is -2.23. The van der Waals surface area contributed by atoms with E-state index in [0.29, 0.717) is 31.6 Å². The van der Waals surface area contributed by atoms with Crippen LogP contribution in [0.25, 0.3) is 0 Å².